The van der Waals surface area contributed by atoms with Crippen LogP contribution >= 0.6 is 0 Å². The van der Waals surface area contributed by atoms with Gasteiger partial charge in [-0.15, -0.1) is 0 Å². The zero-order valence-corrected chi connectivity index (χ0v) is 13.4. The lowest BCUT2D eigenvalue weighted by molar-refractivity contribution is 0.0696. The lowest BCUT2D eigenvalue weighted by Gasteiger charge is -2.19. The van der Waals surface area contributed by atoms with Gasteiger partial charge in [-0.25, -0.2) is 4.79 Å². The fourth-order valence-corrected chi connectivity index (χ4v) is 2.87. The molecule has 2 aromatic rings. The summed E-state index contributed by atoms with van der Waals surface area (Å²) in [6.07, 6.45) is 0.626. The zero-order chi connectivity index (χ0) is 17.3. The minimum atomic E-state index is -0.973. The maximum Gasteiger partial charge on any atom is 0.335 e. The molecule has 0 radical (unpaired) electrons. The van der Waals surface area contributed by atoms with Crippen molar-refractivity contribution in [2.24, 2.45) is 0 Å². The van der Waals surface area contributed by atoms with E-state index in [0.29, 0.717) is 30.0 Å². The van der Waals surface area contributed by atoms with Gasteiger partial charge in [-0.1, -0.05) is 0 Å². The minimum Gasteiger partial charge on any atom is -0.497 e. The van der Waals surface area contributed by atoms with Crippen LogP contribution in [0.2, 0.25) is 0 Å². The van der Waals surface area contributed by atoms with E-state index in [0.717, 1.165) is 11.3 Å². The van der Waals surface area contributed by atoms with Crippen molar-refractivity contribution in [1.29, 1.82) is 0 Å². The van der Waals surface area contributed by atoms with E-state index in [4.69, 9.17) is 14.6 Å². The first-order chi connectivity index (χ1) is 11.5. The summed E-state index contributed by atoms with van der Waals surface area (Å²) < 4.78 is 10.5. The lowest BCUT2D eigenvalue weighted by Crippen LogP contribution is -2.29. The molecule has 0 saturated carbocycles. The molecule has 0 fully saturated rings. The number of amides is 1. The molecule has 1 N–H and O–H groups in total. The summed E-state index contributed by atoms with van der Waals surface area (Å²) in [7, 11) is 3.05. The molecule has 0 bridgehead atoms. The Balaban J connectivity index is 1.95. The maximum atomic E-state index is 12.9. The number of benzene rings is 2. The van der Waals surface area contributed by atoms with Gasteiger partial charge in [0.2, 0.25) is 0 Å². The number of carboxylic acids is 1. The van der Waals surface area contributed by atoms with Crippen LogP contribution in [0.25, 0.3) is 0 Å². The standard InChI is InChI=1S/C18H17NO5/c1-23-13-4-5-14(16(10-13)24-2)17(20)19-8-7-11-9-12(18(21)22)3-6-15(11)19/h3-6,9-10H,7-8H2,1-2H3,(H,21,22). The van der Waals surface area contributed by atoms with E-state index in [1.54, 1.807) is 42.3 Å². The molecule has 1 aliphatic heterocycles. The zero-order valence-electron chi connectivity index (χ0n) is 13.4. The molecule has 0 saturated heterocycles. The molecule has 6 heteroatoms. The third-order valence-electron chi connectivity index (χ3n) is 4.11. The van der Waals surface area contributed by atoms with E-state index < -0.39 is 5.97 Å². The van der Waals surface area contributed by atoms with Gasteiger partial charge in [0, 0.05) is 18.3 Å². The van der Waals surface area contributed by atoms with Gasteiger partial charge in [0.1, 0.15) is 11.5 Å². The van der Waals surface area contributed by atoms with Gasteiger partial charge < -0.3 is 19.5 Å². The number of fused-ring (bicyclic) bond motifs is 1. The Morgan fingerprint density at radius 3 is 2.54 bits per heavy atom. The molecule has 0 unspecified atom stereocenters. The highest BCUT2D eigenvalue weighted by Gasteiger charge is 2.28. The van der Waals surface area contributed by atoms with Crippen LogP contribution in [0.4, 0.5) is 5.69 Å². The Labute approximate surface area is 139 Å². The molecule has 1 heterocycles. The van der Waals surface area contributed by atoms with E-state index in [9.17, 15) is 9.59 Å². The summed E-state index contributed by atoms with van der Waals surface area (Å²) in [5, 5.41) is 9.08. The predicted octanol–water partition coefficient (Wildman–Crippen LogP) is 2.60. The van der Waals surface area contributed by atoms with E-state index in [2.05, 4.69) is 0 Å². The number of anilines is 1. The monoisotopic (exact) mass is 327 g/mol. The van der Waals surface area contributed by atoms with Crippen LogP contribution < -0.4 is 14.4 Å². The van der Waals surface area contributed by atoms with Crippen LogP contribution in [0.3, 0.4) is 0 Å². The van der Waals surface area contributed by atoms with Gasteiger partial charge in [0.25, 0.3) is 5.91 Å². The summed E-state index contributed by atoms with van der Waals surface area (Å²) in [4.78, 5) is 25.6. The van der Waals surface area contributed by atoms with Crippen LogP contribution in [-0.2, 0) is 6.42 Å². The molecule has 3 rings (SSSR count). The number of carbonyl (C=O) groups excluding carboxylic acids is 1. The number of aromatic carboxylic acids is 1. The number of hydrogen-bond donors (Lipinski definition) is 1. The largest absolute Gasteiger partial charge is 0.497 e. The molecule has 1 amide bonds. The summed E-state index contributed by atoms with van der Waals surface area (Å²) >= 11 is 0. The van der Waals surface area contributed by atoms with Crippen LogP contribution in [0.5, 0.6) is 11.5 Å². The molecule has 0 atom stereocenters. The summed E-state index contributed by atoms with van der Waals surface area (Å²) in [6.45, 7) is 0.506. The minimum absolute atomic E-state index is 0.184. The Kier molecular flexibility index (Phi) is 4.12. The number of methoxy groups -OCH3 is 2. The fourth-order valence-electron chi connectivity index (χ4n) is 2.87. The van der Waals surface area contributed by atoms with Gasteiger partial charge >= 0.3 is 5.97 Å². The second-order valence-electron chi connectivity index (χ2n) is 5.42. The highest BCUT2D eigenvalue weighted by molar-refractivity contribution is 6.09. The van der Waals surface area contributed by atoms with E-state index in [1.807, 2.05) is 0 Å². The maximum absolute atomic E-state index is 12.9. The summed E-state index contributed by atoms with van der Waals surface area (Å²) in [6, 6.07) is 9.86. The van der Waals surface area contributed by atoms with Crippen molar-refractivity contribution >= 4 is 17.6 Å². The van der Waals surface area contributed by atoms with E-state index >= 15 is 0 Å². The molecule has 0 spiro atoms. The molecule has 2 aromatic carbocycles. The third-order valence-corrected chi connectivity index (χ3v) is 4.11. The van der Waals surface area contributed by atoms with Crippen molar-refractivity contribution in [3.8, 4) is 11.5 Å². The quantitative estimate of drug-likeness (QED) is 0.934. The van der Waals surface area contributed by atoms with Gasteiger partial charge in [-0.05, 0) is 42.3 Å². The van der Waals surface area contributed by atoms with Crippen LogP contribution in [0.15, 0.2) is 36.4 Å². The summed E-state index contributed by atoms with van der Waals surface area (Å²) in [5.41, 5.74) is 2.26. The molecular weight excluding hydrogens is 310 g/mol. The smallest absolute Gasteiger partial charge is 0.335 e. The number of nitrogens with zero attached hydrogens (tertiary/aromatic N) is 1. The van der Waals surface area contributed by atoms with Crippen molar-refractivity contribution in [3.05, 3.63) is 53.1 Å². The molecule has 124 valence electrons. The van der Waals surface area contributed by atoms with E-state index in [-0.39, 0.29) is 11.5 Å². The van der Waals surface area contributed by atoms with Gasteiger partial charge in [-0.3, -0.25) is 4.79 Å². The van der Waals surface area contributed by atoms with Crippen molar-refractivity contribution in [3.63, 3.8) is 0 Å². The molecule has 0 aliphatic carbocycles. The highest BCUT2D eigenvalue weighted by atomic mass is 16.5. The Morgan fingerprint density at radius 1 is 1.08 bits per heavy atom. The van der Waals surface area contributed by atoms with Crippen molar-refractivity contribution < 1.29 is 24.2 Å². The second-order valence-corrected chi connectivity index (χ2v) is 5.42. The molecule has 24 heavy (non-hydrogen) atoms. The van der Waals surface area contributed by atoms with Crippen LogP contribution in [-0.4, -0.2) is 37.7 Å². The fraction of sp³-hybridized carbons (Fsp3) is 0.222. The van der Waals surface area contributed by atoms with Crippen LogP contribution in [0, 0.1) is 0 Å². The lowest BCUT2D eigenvalue weighted by atomic mass is 10.1. The Bertz CT molecular complexity index is 815. The van der Waals surface area contributed by atoms with E-state index in [1.165, 1.54) is 13.2 Å². The Hall–Kier alpha value is -3.02. The highest BCUT2D eigenvalue weighted by Crippen LogP contribution is 2.33. The number of rotatable bonds is 4. The predicted molar refractivity (Wildman–Crippen MR) is 88.3 cm³/mol. The van der Waals surface area contributed by atoms with Crippen molar-refractivity contribution in [1.82, 2.24) is 0 Å². The first kappa shape index (κ1) is 15.9. The topological polar surface area (TPSA) is 76.1 Å². The average molecular weight is 327 g/mol. The third kappa shape index (κ3) is 2.67. The van der Waals surface area contributed by atoms with Gasteiger partial charge in [-0.2, -0.15) is 0 Å². The van der Waals surface area contributed by atoms with Crippen molar-refractivity contribution in [2.45, 2.75) is 6.42 Å². The SMILES string of the molecule is COc1ccc(C(=O)N2CCc3cc(C(=O)O)ccc32)c(OC)c1. The number of carbonyl (C=O) groups is 2. The number of hydrogen-bond acceptors (Lipinski definition) is 4. The number of carboxylic acid groups (broad SMARTS) is 1. The molecule has 0 aromatic heterocycles. The van der Waals surface area contributed by atoms with Gasteiger partial charge in [0.15, 0.2) is 0 Å². The second kappa shape index (κ2) is 6.23. The first-order valence-corrected chi connectivity index (χ1v) is 7.45. The Morgan fingerprint density at radius 2 is 1.88 bits per heavy atom. The summed E-state index contributed by atoms with van der Waals surface area (Å²) in [5.74, 6) is -0.109. The first-order valence-electron chi connectivity index (χ1n) is 7.45. The van der Waals surface area contributed by atoms with Crippen LogP contribution in [0.1, 0.15) is 26.3 Å². The molecular formula is C18H17NO5. The normalized spacial score (nSPS) is 12.7. The van der Waals surface area contributed by atoms with Crippen molar-refractivity contribution in [2.75, 3.05) is 25.7 Å². The van der Waals surface area contributed by atoms with Gasteiger partial charge in [0.05, 0.1) is 25.3 Å². The average Bonchev–Trinajstić information content (AvgIpc) is 3.03. The molecule has 6 nitrogen and oxygen atoms in total. The number of ether oxygens (including phenoxy) is 2. The molecule has 1 aliphatic rings.